The number of rotatable bonds is 5. The molecule has 18 heavy (non-hydrogen) atoms. The fourth-order valence-corrected chi connectivity index (χ4v) is 2.55. The monoisotopic (exact) mass is 269 g/mol. The highest BCUT2D eigenvalue weighted by atomic mass is 35.5. The van der Waals surface area contributed by atoms with Crippen LogP contribution < -0.4 is 5.32 Å². The Hall–Kier alpha value is -0.870. The van der Waals surface area contributed by atoms with Crippen LogP contribution in [0.3, 0.4) is 0 Å². The van der Waals surface area contributed by atoms with Crippen molar-refractivity contribution in [1.82, 2.24) is 9.97 Å². The zero-order chi connectivity index (χ0) is 13.0. The van der Waals surface area contributed by atoms with E-state index in [0.717, 1.165) is 5.82 Å². The van der Waals surface area contributed by atoms with Gasteiger partial charge in [0.05, 0.1) is 0 Å². The summed E-state index contributed by atoms with van der Waals surface area (Å²) in [5, 5.41) is 3.92. The summed E-state index contributed by atoms with van der Waals surface area (Å²) in [6.45, 7) is 5.28. The predicted octanol–water partition coefficient (Wildman–Crippen LogP) is 3.27. The fourth-order valence-electron chi connectivity index (χ4n) is 2.35. The molecule has 2 rings (SSSR count). The third-order valence-corrected chi connectivity index (χ3v) is 3.56. The van der Waals surface area contributed by atoms with Gasteiger partial charge in [0.15, 0.2) is 5.82 Å². The molecule has 5 heteroatoms. The molecular weight excluding hydrogens is 250 g/mol. The van der Waals surface area contributed by atoms with Crippen LogP contribution in [0.4, 0.5) is 5.82 Å². The lowest BCUT2D eigenvalue weighted by atomic mass is 10.1. The second-order valence-electron chi connectivity index (χ2n) is 4.79. The summed E-state index contributed by atoms with van der Waals surface area (Å²) in [6, 6.07) is 2.28. The highest BCUT2D eigenvalue weighted by Crippen LogP contribution is 2.27. The second-order valence-corrected chi connectivity index (χ2v) is 5.18. The number of hydrogen-bond acceptors (Lipinski definition) is 4. The van der Waals surface area contributed by atoms with Crippen LogP contribution in [-0.2, 0) is 11.3 Å². The Labute approximate surface area is 113 Å². The van der Waals surface area contributed by atoms with Gasteiger partial charge >= 0.3 is 0 Å². The molecule has 0 bridgehead atoms. The molecule has 1 N–H and O–H groups in total. The maximum absolute atomic E-state index is 6.00. The molecule has 0 spiro atoms. The van der Waals surface area contributed by atoms with E-state index in [9.17, 15) is 0 Å². The van der Waals surface area contributed by atoms with E-state index in [-0.39, 0.29) is 0 Å². The molecule has 1 fully saturated rings. The van der Waals surface area contributed by atoms with E-state index in [1.165, 1.54) is 19.3 Å². The van der Waals surface area contributed by atoms with Gasteiger partial charge in [-0.25, -0.2) is 9.97 Å². The van der Waals surface area contributed by atoms with Crippen LogP contribution in [0.15, 0.2) is 6.07 Å². The van der Waals surface area contributed by atoms with Crippen molar-refractivity contribution in [3.8, 4) is 0 Å². The molecule has 4 nitrogen and oxygen atoms in total. The third kappa shape index (κ3) is 3.56. The van der Waals surface area contributed by atoms with E-state index < -0.39 is 0 Å². The Morgan fingerprint density at radius 2 is 2.28 bits per heavy atom. The van der Waals surface area contributed by atoms with Crippen molar-refractivity contribution < 1.29 is 4.74 Å². The lowest BCUT2D eigenvalue weighted by Crippen LogP contribution is -2.22. The van der Waals surface area contributed by atoms with Crippen molar-refractivity contribution in [1.29, 1.82) is 0 Å². The van der Waals surface area contributed by atoms with E-state index in [0.29, 0.717) is 36.2 Å². The summed E-state index contributed by atoms with van der Waals surface area (Å²) in [5.74, 6) is 2.13. The summed E-state index contributed by atoms with van der Waals surface area (Å²) < 4.78 is 5.31. The van der Waals surface area contributed by atoms with Crippen molar-refractivity contribution in [2.24, 2.45) is 5.92 Å². The lowest BCUT2D eigenvalue weighted by molar-refractivity contribution is 0.128. The minimum Gasteiger partial charge on any atom is -0.374 e. The maximum atomic E-state index is 6.00. The largest absolute Gasteiger partial charge is 0.374 e. The van der Waals surface area contributed by atoms with Gasteiger partial charge in [0.1, 0.15) is 17.6 Å². The molecule has 1 heterocycles. The van der Waals surface area contributed by atoms with Gasteiger partial charge < -0.3 is 10.1 Å². The standard InChI is InChI=1S/C13H20ClN3O/c1-3-18-8-13-16-11(14)7-12(17-13)15-10-6-4-5-9(10)2/h7,9-10H,3-6,8H2,1-2H3,(H,15,16,17). The molecule has 1 aliphatic carbocycles. The van der Waals surface area contributed by atoms with E-state index in [2.05, 4.69) is 22.2 Å². The van der Waals surface area contributed by atoms with E-state index in [1.54, 1.807) is 6.07 Å². The number of nitrogens with zero attached hydrogens (tertiary/aromatic N) is 2. The quantitative estimate of drug-likeness (QED) is 0.834. The second kappa shape index (κ2) is 6.34. The van der Waals surface area contributed by atoms with Gasteiger partial charge in [-0.2, -0.15) is 0 Å². The van der Waals surface area contributed by atoms with Crippen LogP contribution in [0, 0.1) is 5.92 Å². The molecule has 0 saturated heterocycles. The molecule has 1 aromatic heterocycles. The Balaban J connectivity index is 2.05. The molecule has 0 aliphatic heterocycles. The smallest absolute Gasteiger partial charge is 0.158 e. The highest BCUT2D eigenvalue weighted by Gasteiger charge is 2.23. The first-order valence-corrected chi connectivity index (χ1v) is 6.94. The van der Waals surface area contributed by atoms with E-state index in [4.69, 9.17) is 16.3 Å². The Bertz CT molecular complexity index is 400. The van der Waals surface area contributed by atoms with Gasteiger partial charge in [-0.15, -0.1) is 0 Å². The van der Waals surface area contributed by atoms with E-state index in [1.807, 2.05) is 6.92 Å². The molecule has 0 aromatic carbocycles. The molecule has 0 radical (unpaired) electrons. The summed E-state index contributed by atoms with van der Waals surface area (Å²) in [7, 11) is 0. The van der Waals surface area contributed by atoms with Crippen LogP contribution >= 0.6 is 11.6 Å². The lowest BCUT2D eigenvalue weighted by Gasteiger charge is -2.18. The number of nitrogens with one attached hydrogen (secondary N) is 1. The molecule has 2 atom stereocenters. The van der Waals surface area contributed by atoms with Gasteiger partial charge in [0.25, 0.3) is 0 Å². The van der Waals surface area contributed by atoms with Crippen LogP contribution in [-0.4, -0.2) is 22.6 Å². The summed E-state index contributed by atoms with van der Waals surface area (Å²) >= 11 is 6.00. The first-order chi connectivity index (χ1) is 8.69. The van der Waals surface area contributed by atoms with Crippen molar-refractivity contribution in [3.63, 3.8) is 0 Å². The molecule has 1 saturated carbocycles. The Morgan fingerprint density at radius 3 is 2.94 bits per heavy atom. The van der Waals surface area contributed by atoms with Gasteiger partial charge in [0.2, 0.25) is 0 Å². The number of aromatic nitrogens is 2. The van der Waals surface area contributed by atoms with Gasteiger partial charge in [-0.3, -0.25) is 0 Å². The van der Waals surface area contributed by atoms with Crippen molar-refractivity contribution in [2.45, 2.75) is 45.8 Å². The Kier molecular flexibility index (Phi) is 4.78. The SMILES string of the molecule is CCOCc1nc(Cl)cc(NC2CCCC2C)n1. The average molecular weight is 270 g/mol. The average Bonchev–Trinajstić information content (AvgIpc) is 2.72. The first-order valence-electron chi connectivity index (χ1n) is 6.56. The molecule has 0 amide bonds. The van der Waals surface area contributed by atoms with Gasteiger partial charge in [-0.1, -0.05) is 24.9 Å². The minimum atomic E-state index is 0.409. The van der Waals surface area contributed by atoms with Gasteiger partial charge in [-0.05, 0) is 25.7 Å². The van der Waals surface area contributed by atoms with Crippen LogP contribution in [0.1, 0.15) is 38.9 Å². The fraction of sp³-hybridized carbons (Fsp3) is 0.692. The molecule has 1 aliphatic rings. The number of hydrogen-bond donors (Lipinski definition) is 1. The van der Waals surface area contributed by atoms with Gasteiger partial charge in [0, 0.05) is 18.7 Å². The minimum absolute atomic E-state index is 0.409. The summed E-state index contributed by atoms with van der Waals surface area (Å²) in [5.41, 5.74) is 0. The molecular formula is C13H20ClN3O. The zero-order valence-electron chi connectivity index (χ0n) is 10.9. The van der Waals surface area contributed by atoms with Crippen molar-refractivity contribution in [3.05, 3.63) is 17.0 Å². The zero-order valence-corrected chi connectivity index (χ0v) is 11.7. The highest BCUT2D eigenvalue weighted by molar-refractivity contribution is 6.29. The molecule has 1 aromatic rings. The molecule has 100 valence electrons. The first kappa shape index (κ1) is 13.6. The Morgan fingerprint density at radius 1 is 1.44 bits per heavy atom. The number of halogens is 1. The molecule has 2 unspecified atom stereocenters. The van der Waals surface area contributed by atoms with E-state index >= 15 is 0 Å². The van der Waals surface area contributed by atoms with Crippen molar-refractivity contribution >= 4 is 17.4 Å². The van der Waals surface area contributed by atoms with Crippen LogP contribution in [0.2, 0.25) is 5.15 Å². The predicted molar refractivity (Wildman–Crippen MR) is 72.8 cm³/mol. The summed E-state index contributed by atoms with van der Waals surface area (Å²) in [6.07, 6.45) is 3.76. The summed E-state index contributed by atoms with van der Waals surface area (Å²) in [4.78, 5) is 8.59. The van der Waals surface area contributed by atoms with Crippen LogP contribution in [0.25, 0.3) is 0 Å². The third-order valence-electron chi connectivity index (χ3n) is 3.37. The van der Waals surface area contributed by atoms with Crippen molar-refractivity contribution in [2.75, 3.05) is 11.9 Å². The number of ether oxygens (including phenoxy) is 1. The maximum Gasteiger partial charge on any atom is 0.158 e. The van der Waals surface area contributed by atoms with Crippen LogP contribution in [0.5, 0.6) is 0 Å². The topological polar surface area (TPSA) is 47.0 Å². The normalized spacial score (nSPS) is 23.3. The number of anilines is 1.